The van der Waals surface area contributed by atoms with Gasteiger partial charge in [0.1, 0.15) is 4.90 Å². The van der Waals surface area contributed by atoms with E-state index in [9.17, 15) is 21.6 Å². The number of aromatic amines is 1. The number of aromatic nitrogens is 1. The SMILES string of the molecule is O=c1[nH]c2cc(Cl)ccc2cc1S(=O)(=O)C=S(=O)=O. The summed E-state index contributed by atoms with van der Waals surface area (Å²) >= 11 is 5.74. The van der Waals surface area contributed by atoms with Gasteiger partial charge in [-0.05, 0) is 23.6 Å². The van der Waals surface area contributed by atoms with Gasteiger partial charge in [-0.2, -0.15) is 8.42 Å². The minimum atomic E-state index is -4.31. The quantitative estimate of drug-likeness (QED) is 0.816. The Kier molecular flexibility index (Phi) is 3.48. The first-order valence-electron chi connectivity index (χ1n) is 4.80. The van der Waals surface area contributed by atoms with Crippen LogP contribution in [0.25, 0.3) is 10.9 Å². The van der Waals surface area contributed by atoms with Crippen LogP contribution in [0.2, 0.25) is 5.02 Å². The summed E-state index contributed by atoms with van der Waals surface area (Å²) in [4.78, 5) is 13.4. The van der Waals surface area contributed by atoms with Crippen molar-refractivity contribution in [3.8, 4) is 0 Å². The highest BCUT2D eigenvalue weighted by atomic mass is 35.5. The highest BCUT2D eigenvalue weighted by Crippen LogP contribution is 2.18. The topological polar surface area (TPSA) is 101 Å². The highest BCUT2D eigenvalue weighted by Gasteiger charge is 2.17. The lowest BCUT2D eigenvalue weighted by atomic mass is 10.2. The molecule has 0 amide bonds. The van der Waals surface area contributed by atoms with Crippen molar-refractivity contribution < 1.29 is 16.8 Å². The van der Waals surface area contributed by atoms with Crippen molar-refractivity contribution >= 4 is 47.3 Å². The molecule has 6 nitrogen and oxygen atoms in total. The molecule has 0 spiro atoms. The van der Waals surface area contributed by atoms with Gasteiger partial charge < -0.3 is 4.98 Å². The third kappa shape index (κ3) is 2.86. The number of nitrogens with one attached hydrogen (secondary N) is 1. The number of hydrogen-bond acceptors (Lipinski definition) is 5. The fourth-order valence-corrected chi connectivity index (χ4v) is 3.53. The average Bonchev–Trinajstić information content (AvgIpc) is 2.25. The maximum atomic E-state index is 11.7. The van der Waals surface area contributed by atoms with E-state index in [0.29, 0.717) is 15.9 Å². The monoisotopic (exact) mass is 319 g/mol. The molecule has 2 rings (SSSR count). The number of H-pyrrole nitrogens is 1. The lowest BCUT2D eigenvalue weighted by Crippen LogP contribution is -2.18. The molecule has 2 aromatic rings. The Balaban J connectivity index is 2.84. The van der Waals surface area contributed by atoms with Crippen LogP contribution in [0.1, 0.15) is 0 Å². The second-order valence-electron chi connectivity index (χ2n) is 3.60. The molecule has 0 atom stereocenters. The fourth-order valence-electron chi connectivity index (χ4n) is 1.52. The minimum Gasteiger partial charge on any atom is -0.321 e. The van der Waals surface area contributed by atoms with Gasteiger partial charge in [0.2, 0.25) is 20.1 Å². The summed E-state index contributed by atoms with van der Waals surface area (Å²) < 4.78 is 44.3. The normalized spacial score (nSPS) is 11.4. The number of pyridine rings is 1. The van der Waals surface area contributed by atoms with Crippen LogP contribution in [0, 0.1) is 0 Å². The molecular formula is C10H6ClNO5S2. The molecular weight excluding hydrogens is 314 g/mol. The van der Waals surface area contributed by atoms with Gasteiger partial charge >= 0.3 is 0 Å². The van der Waals surface area contributed by atoms with Crippen LogP contribution >= 0.6 is 11.6 Å². The van der Waals surface area contributed by atoms with Gasteiger partial charge in [-0.15, -0.1) is 0 Å². The molecule has 0 aliphatic rings. The predicted octanol–water partition coefficient (Wildman–Crippen LogP) is 0.594. The van der Waals surface area contributed by atoms with E-state index in [-0.39, 0.29) is 4.70 Å². The Morgan fingerprint density at radius 2 is 1.89 bits per heavy atom. The fraction of sp³-hybridized carbons (Fsp3) is 0. The third-order valence-corrected chi connectivity index (χ3v) is 5.08. The van der Waals surface area contributed by atoms with Crippen LogP contribution < -0.4 is 5.56 Å². The van der Waals surface area contributed by atoms with Gasteiger partial charge in [-0.25, -0.2) is 8.42 Å². The molecule has 1 aromatic heterocycles. The van der Waals surface area contributed by atoms with Crippen molar-refractivity contribution in [2.24, 2.45) is 0 Å². The first-order chi connectivity index (χ1) is 8.79. The standard InChI is InChI=1S/C10H6ClNO5S2/c11-7-2-1-6-3-9(10(13)12-8(6)4-7)19(16,17)5-18(14)15/h1-5H,(H,12,13). The van der Waals surface area contributed by atoms with Gasteiger partial charge in [0, 0.05) is 10.5 Å². The van der Waals surface area contributed by atoms with Gasteiger partial charge in [-0.3, -0.25) is 4.79 Å². The van der Waals surface area contributed by atoms with E-state index in [1.165, 1.54) is 18.2 Å². The Hall–Kier alpha value is -1.64. The number of benzene rings is 1. The van der Waals surface area contributed by atoms with Crippen molar-refractivity contribution in [3.05, 3.63) is 39.6 Å². The molecule has 0 bridgehead atoms. The smallest absolute Gasteiger partial charge is 0.267 e. The highest BCUT2D eigenvalue weighted by molar-refractivity contribution is 8.13. The number of halogens is 1. The van der Waals surface area contributed by atoms with Gasteiger partial charge in [0.15, 0.2) is 4.70 Å². The maximum absolute atomic E-state index is 11.7. The number of fused-ring (bicyclic) bond motifs is 1. The van der Waals surface area contributed by atoms with Crippen molar-refractivity contribution in [1.29, 1.82) is 0 Å². The van der Waals surface area contributed by atoms with Crippen LogP contribution in [-0.4, -0.2) is 26.5 Å². The van der Waals surface area contributed by atoms with Crippen molar-refractivity contribution in [1.82, 2.24) is 4.98 Å². The molecule has 0 saturated heterocycles. The molecule has 100 valence electrons. The van der Waals surface area contributed by atoms with E-state index in [0.717, 1.165) is 6.07 Å². The zero-order chi connectivity index (χ0) is 14.2. The Labute approximate surface area is 114 Å². The summed E-state index contributed by atoms with van der Waals surface area (Å²) in [5.74, 6) is 0. The van der Waals surface area contributed by atoms with Crippen LogP contribution in [0.4, 0.5) is 0 Å². The van der Waals surface area contributed by atoms with E-state index in [1.807, 2.05) is 0 Å². The number of hydrogen-bond donors (Lipinski definition) is 1. The first kappa shape index (κ1) is 13.8. The summed E-state index contributed by atoms with van der Waals surface area (Å²) in [7, 11) is -7.22. The van der Waals surface area contributed by atoms with Gasteiger partial charge in [-0.1, -0.05) is 17.7 Å². The molecule has 0 radical (unpaired) electrons. The van der Waals surface area contributed by atoms with E-state index in [1.54, 1.807) is 0 Å². The average molecular weight is 320 g/mol. The Morgan fingerprint density at radius 3 is 2.53 bits per heavy atom. The minimum absolute atomic E-state index is 0.0827. The number of sulfone groups is 1. The molecule has 19 heavy (non-hydrogen) atoms. The van der Waals surface area contributed by atoms with E-state index in [4.69, 9.17) is 11.6 Å². The lowest BCUT2D eigenvalue weighted by Gasteiger charge is -2.01. The second kappa shape index (κ2) is 4.80. The molecule has 0 aliphatic carbocycles. The van der Waals surface area contributed by atoms with E-state index < -0.39 is 30.6 Å². The second-order valence-corrected chi connectivity index (χ2v) is 6.85. The molecule has 1 heterocycles. The summed E-state index contributed by atoms with van der Waals surface area (Å²) in [5, 5.41) is 0.804. The van der Waals surface area contributed by atoms with Crippen molar-refractivity contribution in [3.63, 3.8) is 0 Å². The summed E-state index contributed by atoms with van der Waals surface area (Å²) in [6, 6.07) is 5.60. The molecule has 0 unspecified atom stereocenters. The first-order valence-corrected chi connectivity index (χ1v) is 7.86. The number of rotatable bonds is 2. The van der Waals surface area contributed by atoms with Gasteiger partial charge in [0.05, 0.1) is 0 Å². The van der Waals surface area contributed by atoms with Crippen LogP contribution in [0.15, 0.2) is 34.0 Å². The van der Waals surface area contributed by atoms with Crippen LogP contribution in [0.3, 0.4) is 0 Å². The van der Waals surface area contributed by atoms with Crippen LogP contribution in [-0.2, 0) is 20.1 Å². The van der Waals surface area contributed by atoms with Crippen molar-refractivity contribution in [2.75, 3.05) is 0 Å². The summed E-state index contributed by atoms with van der Waals surface area (Å²) in [6.07, 6.45) is 0. The van der Waals surface area contributed by atoms with Gasteiger partial charge in [0.25, 0.3) is 5.56 Å². The molecule has 0 fully saturated rings. The Morgan fingerprint density at radius 1 is 1.21 bits per heavy atom. The molecule has 9 heteroatoms. The molecule has 1 N–H and O–H groups in total. The summed E-state index contributed by atoms with van der Waals surface area (Å²) in [5.41, 5.74) is -0.545. The largest absolute Gasteiger partial charge is 0.321 e. The maximum Gasteiger partial charge on any atom is 0.267 e. The predicted molar refractivity (Wildman–Crippen MR) is 71.7 cm³/mol. The van der Waals surface area contributed by atoms with Crippen molar-refractivity contribution in [2.45, 2.75) is 4.90 Å². The zero-order valence-electron chi connectivity index (χ0n) is 9.12. The summed E-state index contributed by atoms with van der Waals surface area (Å²) in [6.45, 7) is 0. The molecule has 0 aliphatic heterocycles. The third-order valence-electron chi connectivity index (χ3n) is 2.29. The Bertz CT molecular complexity index is 949. The zero-order valence-corrected chi connectivity index (χ0v) is 11.5. The molecule has 1 aromatic carbocycles. The van der Waals surface area contributed by atoms with E-state index >= 15 is 0 Å². The molecule has 0 saturated carbocycles. The van der Waals surface area contributed by atoms with Crippen LogP contribution in [0.5, 0.6) is 0 Å². The van der Waals surface area contributed by atoms with E-state index in [2.05, 4.69) is 4.98 Å². The lowest BCUT2D eigenvalue weighted by molar-refractivity contribution is 0.607.